The van der Waals surface area contributed by atoms with Crippen LogP contribution in [0.15, 0.2) is 12.4 Å². The molecular weight excluding hydrogens is 256 g/mol. The van der Waals surface area contributed by atoms with Gasteiger partial charge in [0.15, 0.2) is 0 Å². The van der Waals surface area contributed by atoms with Crippen molar-refractivity contribution in [2.45, 2.75) is 38.8 Å². The Morgan fingerprint density at radius 2 is 2.30 bits per heavy atom. The summed E-state index contributed by atoms with van der Waals surface area (Å²) in [5.74, 6) is -0.0526. The zero-order valence-electron chi connectivity index (χ0n) is 11.7. The van der Waals surface area contributed by atoms with E-state index < -0.39 is 0 Å². The van der Waals surface area contributed by atoms with Gasteiger partial charge < -0.3 is 10.2 Å². The van der Waals surface area contributed by atoms with Crippen LogP contribution >= 0.6 is 0 Å². The topological polar surface area (TPSA) is 67.2 Å². The molecule has 1 saturated heterocycles. The van der Waals surface area contributed by atoms with Gasteiger partial charge in [0.1, 0.15) is 0 Å². The van der Waals surface area contributed by atoms with E-state index in [9.17, 15) is 9.59 Å². The van der Waals surface area contributed by atoms with E-state index in [0.717, 1.165) is 18.4 Å². The molecule has 6 heteroatoms. The summed E-state index contributed by atoms with van der Waals surface area (Å²) in [6.07, 6.45) is 6.30. The first-order valence-electron chi connectivity index (χ1n) is 7.20. The maximum atomic E-state index is 12.1. The van der Waals surface area contributed by atoms with E-state index in [1.165, 1.54) is 0 Å². The van der Waals surface area contributed by atoms with Gasteiger partial charge in [-0.2, -0.15) is 5.10 Å². The summed E-state index contributed by atoms with van der Waals surface area (Å²) >= 11 is 0. The van der Waals surface area contributed by atoms with Gasteiger partial charge in [0.2, 0.25) is 11.8 Å². The van der Waals surface area contributed by atoms with E-state index in [-0.39, 0.29) is 17.7 Å². The first kappa shape index (κ1) is 13.1. The van der Waals surface area contributed by atoms with Crippen LogP contribution in [0.3, 0.4) is 0 Å². The van der Waals surface area contributed by atoms with Crippen LogP contribution in [0.25, 0.3) is 0 Å². The second kappa shape index (κ2) is 5.26. The Bertz CT molecular complexity index is 521. The molecule has 1 N–H and O–H groups in total. The van der Waals surface area contributed by atoms with E-state index in [1.807, 2.05) is 22.7 Å². The van der Waals surface area contributed by atoms with Crippen molar-refractivity contribution < 1.29 is 9.59 Å². The van der Waals surface area contributed by atoms with Crippen LogP contribution in [-0.2, 0) is 16.1 Å². The van der Waals surface area contributed by atoms with Crippen LogP contribution in [0, 0.1) is 12.8 Å². The van der Waals surface area contributed by atoms with E-state index in [4.69, 9.17) is 0 Å². The molecule has 0 spiro atoms. The van der Waals surface area contributed by atoms with Crippen molar-refractivity contribution in [2.24, 2.45) is 5.92 Å². The maximum absolute atomic E-state index is 12.1. The lowest BCUT2D eigenvalue weighted by atomic mass is 10.1. The van der Waals surface area contributed by atoms with E-state index >= 15 is 0 Å². The van der Waals surface area contributed by atoms with Gasteiger partial charge in [-0.3, -0.25) is 14.3 Å². The van der Waals surface area contributed by atoms with Gasteiger partial charge in [-0.1, -0.05) is 0 Å². The fourth-order valence-corrected chi connectivity index (χ4v) is 2.67. The summed E-state index contributed by atoms with van der Waals surface area (Å²) in [4.78, 5) is 25.7. The molecule has 3 rings (SSSR count). The second-order valence-electron chi connectivity index (χ2n) is 5.75. The SMILES string of the molecule is Cc1cnn(CCNC(=O)[C@@H]2CC(=O)N(C3CC3)C2)c1. The molecule has 1 aliphatic heterocycles. The van der Waals surface area contributed by atoms with Crippen LogP contribution < -0.4 is 5.32 Å². The van der Waals surface area contributed by atoms with Crippen LogP contribution in [0.2, 0.25) is 0 Å². The van der Waals surface area contributed by atoms with Gasteiger partial charge in [-0.25, -0.2) is 0 Å². The van der Waals surface area contributed by atoms with Crippen LogP contribution in [0.4, 0.5) is 0 Å². The molecule has 1 saturated carbocycles. The lowest BCUT2D eigenvalue weighted by Crippen LogP contribution is -2.35. The smallest absolute Gasteiger partial charge is 0.225 e. The Labute approximate surface area is 118 Å². The summed E-state index contributed by atoms with van der Waals surface area (Å²) < 4.78 is 1.81. The first-order chi connectivity index (χ1) is 9.63. The van der Waals surface area contributed by atoms with E-state index in [2.05, 4.69) is 10.4 Å². The summed E-state index contributed by atoms with van der Waals surface area (Å²) in [5, 5.41) is 7.07. The number of carbonyl (C=O) groups excluding carboxylic acids is 2. The fourth-order valence-electron chi connectivity index (χ4n) is 2.67. The molecule has 108 valence electrons. The zero-order chi connectivity index (χ0) is 14.1. The lowest BCUT2D eigenvalue weighted by Gasteiger charge is -2.15. The third-order valence-corrected chi connectivity index (χ3v) is 3.92. The highest BCUT2D eigenvalue weighted by Gasteiger charge is 2.41. The molecular formula is C14H20N4O2. The molecule has 0 aromatic carbocycles. The number of rotatable bonds is 5. The molecule has 20 heavy (non-hydrogen) atoms. The predicted molar refractivity (Wildman–Crippen MR) is 72.8 cm³/mol. The number of nitrogens with one attached hydrogen (secondary N) is 1. The molecule has 1 aromatic heterocycles. The Balaban J connectivity index is 1.44. The van der Waals surface area contributed by atoms with Gasteiger partial charge >= 0.3 is 0 Å². The minimum atomic E-state index is -0.178. The Hall–Kier alpha value is -1.85. The van der Waals surface area contributed by atoms with Gasteiger partial charge in [-0.05, 0) is 25.3 Å². The monoisotopic (exact) mass is 276 g/mol. The third-order valence-electron chi connectivity index (χ3n) is 3.92. The number of amides is 2. The average molecular weight is 276 g/mol. The number of nitrogens with zero attached hydrogens (tertiary/aromatic N) is 3. The van der Waals surface area contributed by atoms with Crippen molar-refractivity contribution in [3.05, 3.63) is 18.0 Å². The fraction of sp³-hybridized carbons (Fsp3) is 0.643. The van der Waals surface area contributed by atoms with Gasteiger partial charge in [0.05, 0.1) is 18.7 Å². The number of aromatic nitrogens is 2. The average Bonchev–Trinajstić information content (AvgIpc) is 3.06. The van der Waals surface area contributed by atoms with E-state index in [1.54, 1.807) is 6.20 Å². The van der Waals surface area contributed by atoms with Gasteiger partial charge in [-0.15, -0.1) is 0 Å². The number of likely N-dealkylation sites (tertiary alicyclic amines) is 1. The molecule has 1 atom stereocenters. The summed E-state index contributed by atoms with van der Waals surface area (Å²) in [7, 11) is 0. The van der Waals surface area contributed by atoms with Crippen LogP contribution in [0.5, 0.6) is 0 Å². The minimum absolute atomic E-state index is 0.00891. The number of carbonyl (C=O) groups is 2. The molecule has 2 heterocycles. The maximum Gasteiger partial charge on any atom is 0.225 e. The summed E-state index contributed by atoms with van der Waals surface area (Å²) in [5.41, 5.74) is 1.11. The first-order valence-corrected chi connectivity index (χ1v) is 7.20. The van der Waals surface area contributed by atoms with Crippen molar-refractivity contribution >= 4 is 11.8 Å². The number of hydrogen-bond acceptors (Lipinski definition) is 3. The molecule has 0 radical (unpaired) electrons. The minimum Gasteiger partial charge on any atom is -0.354 e. The second-order valence-corrected chi connectivity index (χ2v) is 5.75. The molecule has 0 bridgehead atoms. The highest BCUT2D eigenvalue weighted by atomic mass is 16.2. The van der Waals surface area contributed by atoms with Crippen LogP contribution in [-0.4, -0.2) is 45.6 Å². The van der Waals surface area contributed by atoms with Gasteiger partial charge in [0.25, 0.3) is 0 Å². The Morgan fingerprint density at radius 3 is 2.95 bits per heavy atom. The Kier molecular flexibility index (Phi) is 3.46. The molecule has 2 fully saturated rings. The third kappa shape index (κ3) is 2.84. The highest BCUT2D eigenvalue weighted by Crippen LogP contribution is 2.32. The quantitative estimate of drug-likeness (QED) is 0.842. The molecule has 2 amide bonds. The van der Waals surface area contributed by atoms with Crippen molar-refractivity contribution in [2.75, 3.05) is 13.1 Å². The predicted octanol–water partition coefficient (Wildman–Crippen LogP) is 0.319. The van der Waals surface area contributed by atoms with Crippen LogP contribution in [0.1, 0.15) is 24.8 Å². The molecule has 6 nitrogen and oxygen atoms in total. The highest BCUT2D eigenvalue weighted by molar-refractivity contribution is 5.89. The van der Waals surface area contributed by atoms with Crippen molar-refractivity contribution in [1.29, 1.82) is 0 Å². The van der Waals surface area contributed by atoms with Gasteiger partial charge in [0, 0.05) is 31.7 Å². The zero-order valence-corrected chi connectivity index (χ0v) is 11.7. The lowest BCUT2D eigenvalue weighted by molar-refractivity contribution is -0.129. The largest absolute Gasteiger partial charge is 0.354 e. The molecule has 2 aliphatic rings. The summed E-state index contributed by atoms with van der Waals surface area (Å²) in [6, 6.07) is 0.410. The number of hydrogen-bond donors (Lipinski definition) is 1. The normalized spacial score (nSPS) is 22.4. The molecule has 0 unspecified atom stereocenters. The van der Waals surface area contributed by atoms with Crippen molar-refractivity contribution in [3.8, 4) is 0 Å². The summed E-state index contributed by atoms with van der Waals surface area (Å²) in [6.45, 7) is 3.79. The Morgan fingerprint density at radius 1 is 1.50 bits per heavy atom. The van der Waals surface area contributed by atoms with Crippen molar-refractivity contribution in [1.82, 2.24) is 20.0 Å². The molecule has 1 aliphatic carbocycles. The number of aryl methyl sites for hydroxylation is 1. The standard InChI is InChI=1S/C14H20N4O2/c1-10-7-16-17(8-10)5-4-15-14(20)11-6-13(19)18(9-11)12-2-3-12/h7-8,11-12H,2-6,9H2,1H3,(H,15,20)/t11-/m1/s1. The van der Waals surface area contributed by atoms with E-state index in [0.29, 0.717) is 32.1 Å². The molecule has 1 aromatic rings. The van der Waals surface area contributed by atoms with Crippen molar-refractivity contribution in [3.63, 3.8) is 0 Å².